The Morgan fingerprint density at radius 1 is 0.947 bits per heavy atom. The fourth-order valence-electron chi connectivity index (χ4n) is 1.92. The highest BCUT2D eigenvalue weighted by molar-refractivity contribution is 9.10. The van der Waals surface area contributed by atoms with Gasteiger partial charge in [0, 0.05) is 11.3 Å². The molecule has 5 heteroatoms. The molecule has 1 heterocycles. The Morgan fingerprint density at radius 3 is 2.21 bits per heavy atom. The summed E-state index contributed by atoms with van der Waals surface area (Å²) in [6.45, 7) is 3.90. The second kappa shape index (κ2) is 5.57. The first-order valence-corrected chi connectivity index (χ1v) is 6.58. The number of hydrogen-bond donors (Lipinski definition) is 0. The maximum Gasteiger partial charge on any atom is 0.197 e. The molecule has 0 saturated heterocycles. The molecule has 0 aliphatic rings. The van der Waals surface area contributed by atoms with Crippen molar-refractivity contribution in [1.29, 1.82) is 0 Å². The summed E-state index contributed by atoms with van der Waals surface area (Å²) in [5.74, 6) is 1.58. The van der Waals surface area contributed by atoms with Gasteiger partial charge in [0.2, 0.25) is 0 Å². The maximum atomic E-state index is 5.43. The van der Waals surface area contributed by atoms with Crippen LogP contribution in [0.5, 0.6) is 11.5 Å². The van der Waals surface area contributed by atoms with E-state index in [0.717, 1.165) is 34.0 Å². The Labute approximate surface area is 120 Å². The standard InChI is InChI=1S/C14H15BrN2O2/c1-8-5-13(19-4)10(7-12(8)18-3)11-6-9(2)16-14(15)17-11/h5-7H,1-4H3. The number of nitrogens with zero attached hydrogens (tertiary/aromatic N) is 2. The molecular formula is C14H15BrN2O2. The van der Waals surface area contributed by atoms with Crippen LogP contribution in [0.15, 0.2) is 22.9 Å². The molecule has 0 spiro atoms. The van der Waals surface area contributed by atoms with Crippen molar-refractivity contribution in [2.75, 3.05) is 14.2 Å². The van der Waals surface area contributed by atoms with Gasteiger partial charge in [0.05, 0.1) is 19.9 Å². The molecule has 0 fully saturated rings. The van der Waals surface area contributed by atoms with Gasteiger partial charge in [-0.3, -0.25) is 0 Å². The molecule has 2 aromatic rings. The van der Waals surface area contributed by atoms with E-state index >= 15 is 0 Å². The molecule has 0 amide bonds. The molecule has 0 aliphatic heterocycles. The highest BCUT2D eigenvalue weighted by Gasteiger charge is 2.13. The SMILES string of the molecule is COc1cc(-c2cc(C)nc(Br)n2)c(OC)cc1C. The smallest absolute Gasteiger partial charge is 0.197 e. The molecule has 1 aromatic carbocycles. The summed E-state index contributed by atoms with van der Waals surface area (Å²) >= 11 is 3.31. The van der Waals surface area contributed by atoms with Crippen molar-refractivity contribution < 1.29 is 9.47 Å². The lowest BCUT2D eigenvalue weighted by Gasteiger charge is -2.13. The molecule has 0 radical (unpaired) electrons. The first kappa shape index (κ1) is 13.8. The second-order valence-electron chi connectivity index (χ2n) is 4.19. The van der Waals surface area contributed by atoms with Crippen molar-refractivity contribution in [3.05, 3.63) is 34.2 Å². The summed E-state index contributed by atoms with van der Waals surface area (Å²) in [6, 6.07) is 5.79. The Balaban J connectivity index is 2.65. The minimum Gasteiger partial charge on any atom is -0.496 e. The summed E-state index contributed by atoms with van der Waals surface area (Å²) in [6.07, 6.45) is 0. The van der Waals surface area contributed by atoms with Gasteiger partial charge in [-0.2, -0.15) is 0 Å². The Morgan fingerprint density at radius 2 is 1.63 bits per heavy atom. The molecule has 0 N–H and O–H groups in total. The molecule has 0 saturated carbocycles. The van der Waals surface area contributed by atoms with Crippen molar-refractivity contribution in [1.82, 2.24) is 9.97 Å². The van der Waals surface area contributed by atoms with Crippen LogP contribution in [-0.4, -0.2) is 24.2 Å². The topological polar surface area (TPSA) is 44.2 Å². The van der Waals surface area contributed by atoms with Crippen LogP contribution in [0.2, 0.25) is 0 Å². The molecule has 19 heavy (non-hydrogen) atoms. The van der Waals surface area contributed by atoms with Crippen molar-refractivity contribution in [3.8, 4) is 22.8 Å². The molecule has 4 nitrogen and oxygen atoms in total. The van der Waals surface area contributed by atoms with E-state index in [4.69, 9.17) is 9.47 Å². The van der Waals surface area contributed by atoms with E-state index in [2.05, 4.69) is 25.9 Å². The number of aryl methyl sites for hydroxylation is 2. The molecule has 100 valence electrons. The number of ether oxygens (including phenoxy) is 2. The van der Waals surface area contributed by atoms with E-state index < -0.39 is 0 Å². The van der Waals surface area contributed by atoms with Gasteiger partial charge in [-0.15, -0.1) is 0 Å². The molecule has 0 bridgehead atoms. The molecule has 2 rings (SSSR count). The van der Waals surface area contributed by atoms with Gasteiger partial charge in [-0.05, 0) is 53.5 Å². The summed E-state index contributed by atoms with van der Waals surface area (Å²) in [7, 11) is 3.30. The predicted molar refractivity (Wildman–Crippen MR) is 77.7 cm³/mol. The van der Waals surface area contributed by atoms with Gasteiger partial charge >= 0.3 is 0 Å². The minimum atomic E-state index is 0.559. The molecule has 0 aliphatic carbocycles. The lowest BCUT2D eigenvalue weighted by atomic mass is 10.1. The number of aromatic nitrogens is 2. The van der Waals surface area contributed by atoms with Crippen LogP contribution < -0.4 is 9.47 Å². The van der Waals surface area contributed by atoms with Crippen LogP contribution in [0.3, 0.4) is 0 Å². The lowest BCUT2D eigenvalue weighted by molar-refractivity contribution is 0.401. The zero-order valence-corrected chi connectivity index (χ0v) is 12.9. The molecule has 0 atom stereocenters. The minimum absolute atomic E-state index is 0.559. The average Bonchev–Trinajstić information content (AvgIpc) is 2.37. The predicted octanol–water partition coefficient (Wildman–Crippen LogP) is 3.54. The van der Waals surface area contributed by atoms with Crippen molar-refractivity contribution in [2.45, 2.75) is 13.8 Å². The summed E-state index contributed by atoms with van der Waals surface area (Å²) in [4.78, 5) is 8.60. The Kier molecular flexibility index (Phi) is 4.04. The van der Waals surface area contributed by atoms with Crippen LogP contribution in [0.4, 0.5) is 0 Å². The zero-order valence-electron chi connectivity index (χ0n) is 11.3. The van der Waals surface area contributed by atoms with E-state index in [-0.39, 0.29) is 0 Å². The highest BCUT2D eigenvalue weighted by atomic mass is 79.9. The largest absolute Gasteiger partial charge is 0.496 e. The fraction of sp³-hybridized carbons (Fsp3) is 0.286. The molecule has 1 aromatic heterocycles. The van der Waals surface area contributed by atoms with Gasteiger partial charge in [-0.25, -0.2) is 9.97 Å². The molecular weight excluding hydrogens is 308 g/mol. The van der Waals surface area contributed by atoms with Crippen LogP contribution >= 0.6 is 15.9 Å². The zero-order chi connectivity index (χ0) is 14.0. The van der Waals surface area contributed by atoms with Crippen molar-refractivity contribution >= 4 is 15.9 Å². The van der Waals surface area contributed by atoms with E-state index in [1.807, 2.05) is 32.0 Å². The normalized spacial score (nSPS) is 10.4. The van der Waals surface area contributed by atoms with Gasteiger partial charge in [0.1, 0.15) is 11.5 Å². The van der Waals surface area contributed by atoms with Crippen LogP contribution in [0.1, 0.15) is 11.3 Å². The van der Waals surface area contributed by atoms with E-state index in [0.29, 0.717) is 4.73 Å². The second-order valence-corrected chi connectivity index (χ2v) is 4.89. The van der Waals surface area contributed by atoms with E-state index in [9.17, 15) is 0 Å². The quantitative estimate of drug-likeness (QED) is 0.811. The van der Waals surface area contributed by atoms with Crippen LogP contribution in [-0.2, 0) is 0 Å². The van der Waals surface area contributed by atoms with Gasteiger partial charge in [-0.1, -0.05) is 0 Å². The number of hydrogen-bond acceptors (Lipinski definition) is 4. The number of benzene rings is 1. The van der Waals surface area contributed by atoms with Crippen molar-refractivity contribution in [2.24, 2.45) is 0 Å². The number of rotatable bonds is 3. The van der Waals surface area contributed by atoms with Gasteiger partial charge in [0.15, 0.2) is 4.73 Å². The van der Waals surface area contributed by atoms with Crippen LogP contribution in [0, 0.1) is 13.8 Å². The highest BCUT2D eigenvalue weighted by Crippen LogP contribution is 2.35. The summed E-state index contributed by atoms with van der Waals surface area (Å²) in [5, 5.41) is 0. The Bertz CT molecular complexity index is 594. The first-order valence-electron chi connectivity index (χ1n) is 5.79. The number of halogens is 1. The van der Waals surface area contributed by atoms with Gasteiger partial charge in [0.25, 0.3) is 0 Å². The molecule has 0 unspecified atom stereocenters. The summed E-state index contributed by atoms with van der Waals surface area (Å²) in [5.41, 5.74) is 3.59. The summed E-state index contributed by atoms with van der Waals surface area (Å²) < 4.78 is 11.3. The van der Waals surface area contributed by atoms with Crippen molar-refractivity contribution in [3.63, 3.8) is 0 Å². The third-order valence-corrected chi connectivity index (χ3v) is 3.17. The Hall–Kier alpha value is -1.62. The van der Waals surface area contributed by atoms with Gasteiger partial charge < -0.3 is 9.47 Å². The first-order chi connectivity index (χ1) is 9.05. The fourth-order valence-corrected chi connectivity index (χ4v) is 2.39. The lowest BCUT2D eigenvalue weighted by Crippen LogP contribution is -1.96. The maximum absolute atomic E-state index is 5.43. The average molecular weight is 323 g/mol. The third kappa shape index (κ3) is 2.87. The monoisotopic (exact) mass is 322 g/mol. The van der Waals surface area contributed by atoms with Crippen LogP contribution in [0.25, 0.3) is 11.3 Å². The van der Waals surface area contributed by atoms with E-state index in [1.165, 1.54) is 0 Å². The van der Waals surface area contributed by atoms with E-state index in [1.54, 1.807) is 14.2 Å². The third-order valence-electron chi connectivity index (χ3n) is 2.82. The number of methoxy groups -OCH3 is 2.